The van der Waals surface area contributed by atoms with Crippen LogP contribution in [0.25, 0.3) is 0 Å². The number of hydrogen-bond donors (Lipinski definition) is 0. The molecule has 2 nitrogen and oxygen atoms in total. The van der Waals surface area contributed by atoms with Gasteiger partial charge in [0.15, 0.2) is 0 Å². The van der Waals surface area contributed by atoms with Crippen LogP contribution in [0.3, 0.4) is 0 Å². The molecule has 2 rings (SSSR count). The minimum Gasteiger partial charge on any atom is -0.492 e. The number of benzene rings is 1. The Balaban J connectivity index is 0.00000115. The number of nitrogens with zero attached hydrogens (tertiary/aromatic N) is 1. The topological polar surface area (TPSA) is 12.5 Å². The van der Waals surface area contributed by atoms with Gasteiger partial charge < -0.3 is 4.74 Å². The first-order valence-electron chi connectivity index (χ1n) is 7.08. The fourth-order valence-electron chi connectivity index (χ4n) is 2.25. The zero-order chi connectivity index (χ0) is 14.1. The summed E-state index contributed by atoms with van der Waals surface area (Å²) in [6.45, 7) is 8.78. The molecule has 1 aliphatic rings. The summed E-state index contributed by atoms with van der Waals surface area (Å²) in [5.41, 5.74) is 1.37. The second-order valence-corrected chi connectivity index (χ2v) is 5.12. The van der Waals surface area contributed by atoms with Gasteiger partial charge in [-0.05, 0) is 49.5 Å². The summed E-state index contributed by atoms with van der Waals surface area (Å²) in [6.07, 6.45) is 2.70. The number of rotatable bonds is 5. The molecule has 19 heavy (non-hydrogen) atoms. The van der Waals surface area contributed by atoms with Crippen molar-refractivity contribution in [1.29, 1.82) is 1.45 Å². The van der Waals surface area contributed by atoms with Gasteiger partial charge in [0.2, 0.25) is 0 Å². The molecule has 1 aliphatic heterocycles. The first-order valence-corrected chi connectivity index (χ1v) is 6.71. The summed E-state index contributed by atoms with van der Waals surface area (Å²) in [7, 11) is 0. The number of halogens is 1. The van der Waals surface area contributed by atoms with E-state index in [9.17, 15) is 0 Å². The molecule has 3 heteroatoms. The van der Waals surface area contributed by atoms with Crippen molar-refractivity contribution in [3.05, 3.63) is 29.8 Å². The second kappa shape index (κ2) is 8.92. The van der Waals surface area contributed by atoms with E-state index in [-0.39, 0.29) is 7.43 Å². The fourth-order valence-corrected chi connectivity index (χ4v) is 2.25. The summed E-state index contributed by atoms with van der Waals surface area (Å²) in [5.74, 6) is 1.59. The van der Waals surface area contributed by atoms with E-state index in [0.29, 0.717) is 5.92 Å². The van der Waals surface area contributed by atoms with Crippen LogP contribution in [0.5, 0.6) is 5.75 Å². The zero-order valence-corrected chi connectivity index (χ0v) is 11.4. The van der Waals surface area contributed by atoms with E-state index in [1.807, 2.05) is 0 Å². The van der Waals surface area contributed by atoms with Gasteiger partial charge in [0.1, 0.15) is 12.4 Å². The van der Waals surface area contributed by atoms with Gasteiger partial charge in [0, 0.05) is 6.54 Å². The Morgan fingerprint density at radius 3 is 2.32 bits per heavy atom. The van der Waals surface area contributed by atoms with E-state index in [0.717, 1.165) is 18.9 Å². The Morgan fingerprint density at radius 2 is 1.79 bits per heavy atom. The number of likely N-dealkylation sites (tertiary alicyclic amines) is 1. The standard InChI is InChI=1S/C15H23NO.CH4.FH/c1-13(2)14-5-7-15(8-6-14)17-12-11-16-9-3-4-10-16;;/h5-8,13H,3-4,9-12H2,1-2H3;1H4;1H/i/hT. The molecule has 1 aromatic rings. The lowest BCUT2D eigenvalue weighted by Crippen LogP contribution is -2.25. The Kier molecular flexibility index (Phi) is 7.49. The monoisotopic (exact) mass is 271 g/mol. The van der Waals surface area contributed by atoms with E-state index in [1.165, 1.54) is 31.5 Å². The van der Waals surface area contributed by atoms with Crippen LogP contribution in [0.1, 0.15) is 45.6 Å². The summed E-state index contributed by atoms with van der Waals surface area (Å²) < 4.78 is 18.8. The highest BCUT2D eigenvalue weighted by atomic mass is 19.0. The van der Waals surface area contributed by atoms with Crippen LogP contribution < -0.4 is 4.74 Å². The third kappa shape index (κ3) is 5.60. The Hall–Kier alpha value is -1.09. The van der Waals surface area contributed by atoms with Crippen molar-refractivity contribution in [2.45, 2.75) is 40.0 Å². The molecule has 1 heterocycles. The highest BCUT2D eigenvalue weighted by Crippen LogP contribution is 2.18. The summed E-state index contributed by atoms with van der Waals surface area (Å²) in [6, 6.07) is 8.49. The van der Waals surface area contributed by atoms with Crippen molar-refractivity contribution < 1.29 is 9.45 Å². The van der Waals surface area contributed by atoms with Gasteiger partial charge in [-0.25, -0.2) is 0 Å². The summed E-state index contributed by atoms with van der Waals surface area (Å²) >= 11 is 0. The third-order valence-corrected chi connectivity index (χ3v) is 3.42. The molecule has 0 amide bonds. The van der Waals surface area contributed by atoms with Gasteiger partial charge in [-0.15, -0.1) is 0 Å². The maximum absolute atomic E-state index is 8.75. The van der Waals surface area contributed by atoms with Crippen LogP contribution in [0.4, 0.5) is 4.72 Å². The minimum atomic E-state index is 0. The lowest BCUT2D eigenvalue weighted by atomic mass is 10.0. The van der Waals surface area contributed by atoms with Gasteiger partial charge in [-0.2, -0.15) is 0 Å². The van der Waals surface area contributed by atoms with E-state index in [1.54, 1.807) is 0 Å². The molecule has 0 aliphatic carbocycles. The van der Waals surface area contributed by atoms with Crippen LogP contribution in [0.2, 0.25) is 0 Å². The van der Waals surface area contributed by atoms with Crippen molar-refractivity contribution in [3.8, 4) is 5.75 Å². The molecule has 0 bridgehead atoms. The van der Waals surface area contributed by atoms with Crippen molar-refractivity contribution in [3.63, 3.8) is 0 Å². The Morgan fingerprint density at radius 1 is 1.21 bits per heavy atom. The summed E-state index contributed by atoms with van der Waals surface area (Å²) in [4.78, 5) is 2.47. The van der Waals surface area contributed by atoms with Crippen LogP contribution in [-0.2, 0) is 0 Å². The van der Waals surface area contributed by atoms with Crippen LogP contribution >= 0.6 is 0 Å². The van der Waals surface area contributed by atoms with Gasteiger partial charge in [0.25, 0.3) is 1.45 Å². The average molecular weight is 271 g/mol. The third-order valence-electron chi connectivity index (χ3n) is 3.42. The fraction of sp³-hybridized carbons (Fsp3) is 0.625. The van der Waals surface area contributed by atoms with E-state index in [4.69, 9.17) is 9.45 Å². The van der Waals surface area contributed by atoms with Gasteiger partial charge in [-0.1, -0.05) is 33.4 Å². The SMILES string of the molecule is C.CC(C)c1ccc(OCCN2CCCC2)cc1.[3H]F. The molecule has 0 radical (unpaired) electrons. The molecule has 0 saturated carbocycles. The van der Waals surface area contributed by atoms with Gasteiger partial charge in [-0.3, -0.25) is 9.62 Å². The van der Waals surface area contributed by atoms with Crippen LogP contribution in [-0.4, -0.2) is 32.6 Å². The van der Waals surface area contributed by atoms with Crippen molar-refractivity contribution in [1.82, 2.24) is 4.90 Å². The zero-order valence-electron chi connectivity index (χ0n) is 12.4. The maximum Gasteiger partial charge on any atom is 0.269 e. The predicted molar refractivity (Wildman–Crippen MR) is 80.9 cm³/mol. The number of hydrogen-bond acceptors (Lipinski definition) is 2. The molecule has 0 unspecified atom stereocenters. The molecule has 110 valence electrons. The van der Waals surface area contributed by atoms with Crippen LogP contribution in [0, 0.1) is 0 Å². The molecule has 1 fully saturated rings. The smallest absolute Gasteiger partial charge is 0.269 e. The first kappa shape index (κ1) is 16.0. The molecular formula is C16H28FNO. The van der Waals surface area contributed by atoms with Crippen molar-refractivity contribution in [2.24, 2.45) is 0 Å². The van der Waals surface area contributed by atoms with Crippen LogP contribution in [0.15, 0.2) is 24.3 Å². The summed E-state index contributed by atoms with van der Waals surface area (Å²) in [5, 5.41) is 0. The van der Waals surface area contributed by atoms with Crippen molar-refractivity contribution >= 4 is 0 Å². The molecule has 0 aromatic heterocycles. The minimum absolute atomic E-state index is 0. The lowest BCUT2D eigenvalue weighted by Gasteiger charge is -2.15. The van der Waals surface area contributed by atoms with E-state index in [2.05, 4.69) is 44.5 Å². The normalized spacial score (nSPS) is 15.3. The number of ether oxygens (including phenoxy) is 1. The molecule has 0 spiro atoms. The molecule has 0 N–H and O–H groups in total. The largest absolute Gasteiger partial charge is 0.492 e. The molecule has 0 atom stereocenters. The quantitative estimate of drug-likeness (QED) is 0.800. The lowest BCUT2D eigenvalue weighted by molar-refractivity contribution is 0.238. The highest BCUT2D eigenvalue weighted by Gasteiger charge is 2.10. The second-order valence-electron chi connectivity index (χ2n) is 5.12. The van der Waals surface area contributed by atoms with E-state index < -0.39 is 0 Å². The van der Waals surface area contributed by atoms with Gasteiger partial charge in [0.05, 0.1) is 0 Å². The molecular weight excluding hydrogens is 241 g/mol. The first-order chi connectivity index (χ1) is 9.25. The van der Waals surface area contributed by atoms with E-state index >= 15 is 0 Å². The Labute approximate surface area is 118 Å². The van der Waals surface area contributed by atoms with Gasteiger partial charge >= 0.3 is 0 Å². The maximum atomic E-state index is 8.75. The molecule has 1 aromatic carbocycles. The molecule has 1 saturated heterocycles. The van der Waals surface area contributed by atoms with Crippen molar-refractivity contribution in [2.75, 3.05) is 26.2 Å². The average Bonchev–Trinajstić information content (AvgIpc) is 2.95. The predicted octanol–water partition coefficient (Wildman–Crippen LogP) is 4.07. The highest BCUT2D eigenvalue weighted by molar-refractivity contribution is 5.28. The Bertz CT molecular complexity index is 337.